The largest absolute Gasteiger partial charge is 0.478 e. The van der Waals surface area contributed by atoms with Gasteiger partial charge in [-0.3, -0.25) is 0 Å². The number of aryl methyl sites for hydroxylation is 1. The first-order valence-electron chi connectivity index (χ1n) is 6.68. The van der Waals surface area contributed by atoms with Gasteiger partial charge in [-0.1, -0.05) is 6.92 Å². The highest BCUT2D eigenvalue weighted by Crippen LogP contribution is 2.23. The molecule has 2 unspecified atom stereocenters. The van der Waals surface area contributed by atoms with Gasteiger partial charge >= 0.3 is 5.97 Å². The number of hydrogen-bond acceptors (Lipinski definition) is 4. The highest BCUT2D eigenvalue weighted by molar-refractivity contribution is 5.89. The second kappa shape index (κ2) is 6.02. The lowest BCUT2D eigenvalue weighted by atomic mass is 10.00. The molecule has 19 heavy (non-hydrogen) atoms. The Bertz CT molecular complexity index is 462. The Morgan fingerprint density at radius 1 is 1.58 bits per heavy atom. The average molecular weight is 264 g/mol. The quantitative estimate of drug-likeness (QED) is 0.854. The third-order valence-corrected chi connectivity index (χ3v) is 3.61. The topological polar surface area (TPSA) is 71.5 Å². The third kappa shape index (κ3) is 3.23. The molecule has 1 saturated heterocycles. The van der Waals surface area contributed by atoms with Crippen LogP contribution in [0.1, 0.15) is 35.8 Å². The van der Waals surface area contributed by atoms with Crippen molar-refractivity contribution >= 4 is 11.8 Å². The van der Waals surface area contributed by atoms with Gasteiger partial charge in [0.15, 0.2) is 0 Å². The molecule has 1 fully saturated rings. The maximum atomic E-state index is 10.9. The third-order valence-electron chi connectivity index (χ3n) is 3.61. The lowest BCUT2D eigenvalue weighted by Crippen LogP contribution is -2.23. The summed E-state index contributed by atoms with van der Waals surface area (Å²) in [5, 5.41) is 12.2. The zero-order chi connectivity index (χ0) is 13.8. The Balaban J connectivity index is 1.96. The van der Waals surface area contributed by atoms with E-state index in [4.69, 9.17) is 9.84 Å². The molecule has 2 N–H and O–H groups in total. The maximum absolute atomic E-state index is 10.9. The molecular weight excluding hydrogens is 244 g/mol. The standard InChI is InChI=1S/C14H20N2O3/c1-3-12-10(6-7-19-12)8-15-13-5-4-11(14(17)18)9(2)16-13/h4-5,10,12H,3,6-8H2,1-2H3,(H,15,16)(H,17,18). The van der Waals surface area contributed by atoms with E-state index in [1.807, 2.05) is 0 Å². The molecule has 1 aliphatic rings. The summed E-state index contributed by atoms with van der Waals surface area (Å²) in [5.41, 5.74) is 0.786. The summed E-state index contributed by atoms with van der Waals surface area (Å²) in [6, 6.07) is 3.31. The van der Waals surface area contributed by atoms with Crippen LogP contribution in [0.25, 0.3) is 0 Å². The minimum atomic E-state index is -0.938. The van der Waals surface area contributed by atoms with Gasteiger partial charge in [-0.25, -0.2) is 9.78 Å². The van der Waals surface area contributed by atoms with Crippen LogP contribution in [0.5, 0.6) is 0 Å². The van der Waals surface area contributed by atoms with Crippen LogP contribution in [0, 0.1) is 12.8 Å². The summed E-state index contributed by atoms with van der Waals surface area (Å²) < 4.78 is 5.64. The van der Waals surface area contributed by atoms with Gasteiger partial charge in [-0.2, -0.15) is 0 Å². The van der Waals surface area contributed by atoms with Gasteiger partial charge in [-0.05, 0) is 31.9 Å². The highest BCUT2D eigenvalue weighted by Gasteiger charge is 2.26. The first-order valence-corrected chi connectivity index (χ1v) is 6.68. The number of carboxylic acid groups (broad SMARTS) is 1. The van der Waals surface area contributed by atoms with E-state index in [1.54, 1.807) is 19.1 Å². The van der Waals surface area contributed by atoms with Crippen LogP contribution < -0.4 is 5.32 Å². The summed E-state index contributed by atoms with van der Waals surface area (Å²) in [7, 11) is 0. The molecule has 1 aliphatic heterocycles. The molecule has 0 radical (unpaired) electrons. The van der Waals surface area contributed by atoms with Crippen LogP contribution in [0.15, 0.2) is 12.1 Å². The highest BCUT2D eigenvalue weighted by atomic mass is 16.5. The number of pyridine rings is 1. The lowest BCUT2D eigenvalue weighted by Gasteiger charge is -2.17. The second-order valence-corrected chi connectivity index (χ2v) is 4.88. The Morgan fingerprint density at radius 2 is 2.37 bits per heavy atom. The van der Waals surface area contributed by atoms with Crippen LogP contribution in [0.2, 0.25) is 0 Å². The van der Waals surface area contributed by atoms with Crippen molar-refractivity contribution in [3.8, 4) is 0 Å². The molecule has 1 aromatic heterocycles. The lowest BCUT2D eigenvalue weighted by molar-refractivity contribution is 0.0695. The fourth-order valence-electron chi connectivity index (χ4n) is 2.50. The zero-order valence-electron chi connectivity index (χ0n) is 11.3. The summed E-state index contributed by atoms with van der Waals surface area (Å²) in [6.45, 7) is 5.49. The van der Waals surface area contributed by atoms with Crippen LogP contribution in [0.4, 0.5) is 5.82 Å². The van der Waals surface area contributed by atoms with Crippen LogP contribution >= 0.6 is 0 Å². The maximum Gasteiger partial charge on any atom is 0.337 e. The Kier molecular flexibility index (Phi) is 4.37. The van der Waals surface area contributed by atoms with Crippen molar-refractivity contribution in [3.05, 3.63) is 23.4 Å². The summed E-state index contributed by atoms with van der Waals surface area (Å²) in [6.07, 6.45) is 2.42. The van der Waals surface area contributed by atoms with E-state index in [0.29, 0.717) is 17.7 Å². The van der Waals surface area contributed by atoms with E-state index in [2.05, 4.69) is 17.2 Å². The molecule has 0 saturated carbocycles. The van der Waals surface area contributed by atoms with E-state index in [-0.39, 0.29) is 5.56 Å². The monoisotopic (exact) mass is 264 g/mol. The molecule has 1 aromatic rings. The molecule has 0 amide bonds. The molecule has 0 spiro atoms. The number of anilines is 1. The number of aromatic nitrogens is 1. The average Bonchev–Trinajstić information content (AvgIpc) is 2.83. The van der Waals surface area contributed by atoms with E-state index >= 15 is 0 Å². The van der Waals surface area contributed by atoms with Crippen molar-refractivity contribution in [2.75, 3.05) is 18.5 Å². The fraction of sp³-hybridized carbons (Fsp3) is 0.571. The number of nitrogens with one attached hydrogen (secondary N) is 1. The van der Waals surface area contributed by atoms with Gasteiger partial charge in [0, 0.05) is 19.1 Å². The van der Waals surface area contributed by atoms with Crippen LogP contribution in [-0.2, 0) is 4.74 Å². The smallest absolute Gasteiger partial charge is 0.337 e. The predicted molar refractivity (Wildman–Crippen MR) is 72.6 cm³/mol. The normalized spacial score (nSPS) is 22.4. The van der Waals surface area contributed by atoms with Gasteiger partial charge in [0.25, 0.3) is 0 Å². The predicted octanol–water partition coefficient (Wildman–Crippen LogP) is 2.32. The van der Waals surface area contributed by atoms with Crippen molar-refractivity contribution < 1.29 is 14.6 Å². The number of rotatable bonds is 5. The van der Waals surface area contributed by atoms with E-state index in [9.17, 15) is 4.79 Å². The van der Waals surface area contributed by atoms with E-state index < -0.39 is 5.97 Å². The fourth-order valence-corrected chi connectivity index (χ4v) is 2.50. The number of aromatic carboxylic acids is 1. The van der Waals surface area contributed by atoms with Crippen molar-refractivity contribution in [1.29, 1.82) is 0 Å². The van der Waals surface area contributed by atoms with Crippen molar-refractivity contribution in [3.63, 3.8) is 0 Å². The van der Waals surface area contributed by atoms with Gasteiger partial charge in [0.1, 0.15) is 5.82 Å². The van der Waals surface area contributed by atoms with Gasteiger partial charge in [-0.15, -0.1) is 0 Å². The van der Waals surface area contributed by atoms with Gasteiger partial charge < -0.3 is 15.2 Å². The zero-order valence-corrected chi connectivity index (χ0v) is 11.3. The Labute approximate surface area is 113 Å². The molecule has 0 aliphatic carbocycles. The number of carboxylic acids is 1. The molecule has 5 nitrogen and oxygen atoms in total. The molecule has 5 heteroatoms. The molecular formula is C14H20N2O3. The van der Waals surface area contributed by atoms with Crippen molar-refractivity contribution in [2.45, 2.75) is 32.8 Å². The summed E-state index contributed by atoms with van der Waals surface area (Å²) >= 11 is 0. The Morgan fingerprint density at radius 3 is 3.00 bits per heavy atom. The molecule has 104 valence electrons. The summed E-state index contributed by atoms with van der Waals surface area (Å²) in [5.74, 6) is 0.294. The number of carbonyl (C=O) groups is 1. The molecule has 2 heterocycles. The molecule has 0 bridgehead atoms. The first kappa shape index (κ1) is 13.8. The first-order chi connectivity index (χ1) is 9.11. The molecule has 2 atom stereocenters. The molecule has 0 aromatic carbocycles. The summed E-state index contributed by atoms with van der Waals surface area (Å²) in [4.78, 5) is 15.2. The van der Waals surface area contributed by atoms with E-state index in [0.717, 1.165) is 31.8 Å². The van der Waals surface area contributed by atoms with E-state index in [1.165, 1.54) is 0 Å². The van der Waals surface area contributed by atoms with Crippen molar-refractivity contribution in [1.82, 2.24) is 4.98 Å². The van der Waals surface area contributed by atoms with Crippen molar-refractivity contribution in [2.24, 2.45) is 5.92 Å². The van der Waals surface area contributed by atoms with Gasteiger partial charge in [0.2, 0.25) is 0 Å². The van der Waals surface area contributed by atoms with Crippen LogP contribution in [-0.4, -0.2) is 35.3 Å². The number of nitrogens with zero attached hydrogens (tertiary/aromatic N) is 1. The Hall–Kier alpha value is -1.62. The number of hydrogen-bond donors (Lipinski definition) is 2. The molecule has 2 rings (SSSR count). The van der Waals surface area contributed by atoms with Gasteiger partial charge in [0.05, 0.1) is 17.4 Å². The van der Waals surface area contributed by atoms with Crippen LogP contribution in [0.3, 0.4) is 0 Å². The number of ether oxygens (including phenoxy) is 1. The minimum Gasteiger partial charge on any atom is -0.478 e. The minimum absolute atomic E-state index is 0.251. The second-order valence-electron chi connectivity index (χ2n) is 4.88. The SMILES string of the molecule is CCC1OCCC1CNc1ccc(C(=O)O)c(C)n1.